The van der Waals surface area contributed by atoms with Crippen molar-refractivity contribution in [3.05, 3.63) is 101 Å². The first-order chi connectivity index (χ1) is 13.3. The Bertz CT molecular complexity index is 1110. The largest absolute Gasteiger partial charge is 0.508 e. The van der Waals surface area contributed by atoms with Crippen molar-refractivity contribution in [3.63, 3.8) is 0 Å². The zero-order chi connectivity index (χ0) is 18.5. The molecular weight excluding hydrogens is 354 g/mol. The molecule has 0 aliphatic rings. The number of thiazole rings is 1. The second kappa shape index (κ2) is 7.85. The predicted molar refractivity (Wildman–Crippen MR) is 110 cm³/mol. The standard InChI is InChI=1S/C22H17N3OS/c26-20-13-11-17(12-14-20)15-23-24-22-25(19-9-5-2-6-10-19)21(16-27-22)18-7-3-1-4-8-18/h1-16,26H/b23-15-,24-22-. The maximum Gasteiger partial charge on any atom is 0.215 e. The topological polar surface area (TPSA) is 49.9 Å². The lowest BCUT2D eigenvalue weighted by Gasteiger charge is -2.08. The van der Waals surface area contributed by atoms with Crippen LogP contribution < -0.4 is 4.80 Å². The SMILES string of the molecule is Oc1ccc(/C=N\N=c2/scc(-c3ccccc3)n2-c2ccccc2)cc1. The van der Waals surface area contributed by atoms with Crippen molar-refractivity contribution in [2.45, 2.75) is 0 Å². The van der Waals surface area contributed by atoms with Crippen LogP contribution in [0, 0.1) is 0 Å². The summed E-state index contributed by atoms with van der Waals surface area (Å²) in [5, 5.41) is 20.1. The Hall–Kier alpha value is -3.44. The van der Waals surface area contributed by atoms with Crippen LogP contribution in [-0.4, -0.2) is 15.9 Å². The van der Waals surface area contributed by atoms with Crippen molar-refractivity contribution in [2.75, 3.05) is 0 Å². The minimum absolute atomic E-state index is 0.233. The van der Waals surface area contributed by atoms with E-state index < -0.39 is 0 Å². The first-order valence-electron chi connectivity index (χ1n) is 8.49. The smallest absolute Gasteiger partial charge is 0.215 e. The molecule has 4 nitrogen and oxygen atoms in total. The van der Waals surface area contributed by atoms with Crippen molar-refractivity contribution in [1.82, 2.24) is 4.57 Å². The third-order valence-corrected chi connectivity index (χ3v) is 4.85. The fourth-order valence-electron chi connectivity index (χ4n) is 2.72. The molecule has 3 aromatic carbocycles. The fourth-order valence-corrected chi connectivity index (χ4v) is 3.59. The van der Waals surface area contributed by atoms with E-state index in [0.29, 0.717) is 0 Å². The number of hydrogen-bond donors (Lipinski definition) is 1. The third-order valence-electron chi connectivity index (χ3n) is 4.04. The molecule has 0 atom stereocenters. The molecule has 0 aliphatic heterocycles. The van der Waals surface area contributed by atoms with Crippen LogP contribution in [0.5, 0.6) is 5.75 Å². The number of aromatic nitrogens is 1. The third kappa shape index (κ3) is 3.88. The first kappa shape index (κ1) is 17.0. The summed E-state index contributed by atoms with van der Waals surface area (Å²) in [6.45, 7) is 0. The quantitative estimate of drug-likeness (QED) is 0.405. The number of benzene rings is 3. The molecule has 5 heteroatoms. The zero-order valence-corrected chi connectivity index (χ0v) is 15.3. The summed E-state index contributed by atoms with van der Waals surface area (Å²) in [7, 11) is 0. The molecule has 4 rings (SSSR count). The van der Waals surface area contributed by atoms with Gasteiger partial charge < -0.3 is 5.11 Å². The van der Waals surface area contributed by atoms with Crippen LogP contribution in [0.1, 0.15) is 5.56 Å². The second-order valence-electron chi connectivity index (χ2n) is 5.88. The van der Waals surface area contributed by atoms with Crippen LogP contribution in [0.15, 0.2) is 101 Å². The molecule has 0 spiro atoms. The number of nitrogens with zero attached hydrogens (tertiary/aromatic N) is 3. The highest BCUT2D eigenvalue weighted by atomic mass is 32.1. The number of aromatic hydroxyl groups is 1. The molecule has 1 heterocycles. The van der Waals surface area contributed by atoms with E-state index in [2.05, 4.69) is 44.4 Å². The molecule has 0 radical (unpaired) electrons. The van der Waals surface area contributed by atoms with Gasteiger partial charge in [-0.15, -0.1) is 16.4 Å². The fraction of sp³-hybridized carbons (Fsp3) is 0. The molecule has 4 aromatic rings. The first-order valence-corrected chi connectivity index (χ1v) is 9.37. The Labute approximate surface area is 161 Å². The molecule has 1 aromatic heterocycles. The highest BCUT2D eigenvalue weighted by Crippen LogP contribution is 2.23. The van der Waals surface area contributed by atoms with Gasteiger partial charge in [-0.3, -0.25) is 4.57 Å². The molecule has 0 saturated carbocycles. The summed E-state index contributed by atoms with van der Waals surface area (Å²) in [6, 6.07) is 27.2. The van der Waals surface area contributed by atoms with Crippen LogP contribution in [0.25, 0.3) is 16.9 Å². The molecule has 0 fully saturated rings. The minimum atomic E-state index is 0.233. The van der Waals surface area contributed by atoms with E-state index in [1.807, 2.05) is 36.4 Å². The van der Waals surface area contributed by atoms with Crippen molar-refractivity contribution in [1.29, 1.82) is 0 Å². The van der Waals surface area contributed by atoms with Crippen molar-refractivity contribution < 1.29 is 5.11 Å². The Balaban J connectivity index is 1.79. The van der Waals surface area contributed by atoms with Crippen LogP contribution in [0.2, 0.25) is 0 Å². The van der Waals surface area contributed by atoms with Crippen LogP contribution in [0.3, 0.4) is 0 Å². The van der Waals surface area contributed by atoms with E-state index >= 15 is 0 Å². The molecule has 0 amide bonds. The summed E-state index contributed by atoms with van der Waals surface area (Å²) in [5.41, 5.74) is 4.12. The lowest BCUT2D eigenvalue weighted by Crippen LogP contribution is -2.13. The van der Waals surface area contributed by atoms with Crippen LogP contribution >= 0.6 is 11.3 Å². The lowest BCUT2D eigenvalue weighted by molar-refractivity contribution is 0.475. The van der Waals surface area contributed by atoms with Crippen LogP contribution in [0.4, 0.5) is 0 Å². The normalized spacial score (nSPS) is 11.9. The Kier molecular flexibility index (Phi) is 4.94. The molecule has 132 valence electrons. The van der Waals surface area contributed by atoms with Crippen molar-refractivity contribution in [2.24, 2.45) is 10.2 Å². The summed E-state index contributed by atoms with van der Waals surface area (Å²) in [4.78, 5) is 0.787. The summed E-state index contributed by atoms with van der Waals surface area (Å²) in [5.74, 6) is 0.233. The van der Waals surface area contributed by atoms with Gasteiger partial charge in [0.05, 0.1) is 11.9 Å². The van der Waals surface area contributed by atoms with Gasteiger partial charge in [-0.1, -0.05) is 48.5 Å². The highest BCUT2D eigenvalue weighted by Gasteiger charge is 2.09. The van der Waals surface area contributed by atoms with Gasteiger partial charge in [0.1, 0.15) is 5.75 Å². The highest BCUT2D eigenvalue weighted by molar-refractivity contribution is 7.07. The van der Waals surface area contributed by atoms with E-state index in [1.165, 1.54) is 0 Å². The lowest BCUT2D eigenvalue weighted by atomic mass is 10.1. The molecule has 27 heavy (non-hydrogen) atoms. The molecule has 0 aliphatic carbocycles. The Morgan fingerprint density at radius 1 is 0.815 bits per heavy atom. The van der Waals surface area contributed by atoms with Crippen molar-refractivity contribution in [3.8, 4) is 22.7 Å². The van der Waals surface area contributed by atoms with Gasteiger partial charge in [0.15, 0.2) is 0 Å². The minimum Gasteiger partial charge on any atom is -0.508 e. The summed E-state index contributed by atoms with van der Waals surface area (Å²) in [6.07, 6.45) is 1.68. The van der Waals surface area contributed by atoms with E-state index in [0.717, 1.165) is 27.3 Å². The van der Waals surface area contributed by atoms with Gasteiger partial charge in [-0.05, 0) is 47.5 Å². The summed E-state index contributed by atoms with van der Waals surface area (Å²) >= 11 is 1.55. The number of rotatable bonds is 4. The average Bonchev–Trinajstić information content (AvgIpc) is 3.15. The molecular formula is C22H17N3OS. The summed E-state index contributed by atoms with van der Waals surface area (Å²) < 4.78 is 2.11. The number of hydrogen-bond acceptors (Lipinski definition) is 4. The number of para-hydroxylation sites is 1. The molecule has 1 N–H and O–H groups in total. The van der Waals surface area contributed by atoms with E-state index in [9.17, 15) is 5.11 Å². The Morgan fingerprint density at radius 2 is 1.48 bits per heavy atom. The van der Waals surface area contributed by atoms with E-state index in [-0.39, 0.29) is 5.75 Å². The number of phenolic OH excluding ortho intramolecular Hbond substituents is 1. The molecule has 0 unspecified atom stereocenters. The van der Waals surface area contributed by atoms with Gasteiger partial charge in [-0.2, -0.15) is 5.10 Å². The maximum absolute atomic E-state index is 9.36. The maximum atomic E-state index is 9.36. The van der Waals surface area contributed by atoms with E-state index in [1.54, 1.807) is 41.8 Å². The van der Waals surface area contributed by atoms with Crippen molar-refractivity contribution >= 4 is 17.6 Å². The second-order valence-corrected chi connectivity index (χ2v) is 6.71. The van der Waals surface area contributed by atoms with Gasteiger partial charge >= 0.3 is 0 Å². The Morgan fingerprint density at radius 3 is 2.19 bits per heavy atom. The van der Waals surface area contributed by atoms with Gasteiger partial charge in [0.2, 0.25) is 4.80 Å². The van der Waals surface area contributed by atoms with Gasteiger partial charge in [0, 0.05) is 11.1 Å². The zero-order valence-electron chi connectivity index (χ0n) is 14.4. The van der Waals surface area contributed by atoms with Crippen LogP contribution in [-0.2, 0) is 0 Å². The predicted octanol–water partition coefficient (Wildman–Crippen LogP) is 4.85. The van der Waals surface area contributed by atoms with Gasteiger partial charge in [0.25, 0.3) is 0 Å². The number of phenols is 1. The molecule has 0 bridgehead atoms. The molecule has 0 saturated heterocycles. The monoisotopic (exact) mass is 371 g/mol. The van der Waals surface area contributed by atoms with Gasteiger partial charge in [-0.25, -0.2) is 0 Å². The average molecular weight is 371 g/mol. The van der Waals surface area contributed by atoms with E-state index in [4.69, 9.17) is 0 Å².